The number of carbonyl (C=O) groups excluding carboxylic acids is 3. The molecular formula is C21H28N4O3. The third-order valence-corrected chi connectivity index (χ3v) is 5.44. The van der Waals surface area contributed by atoms with E-state index in [9.17, 15) is 19.6 Å². The summed E-state index contributed by atoms with van der Waals surface area (Å²) >= 11 is 0. The Morgan fingerprint density at radius 2 is 1.96 bits per heavy atom. The van der Waals surface area contributed by atoms with E-state index in [4.69, 9.17) is 0 Å². The summed E-state index contributed by atoms with van der Waals surface area (Å²) in [6.45, 7) is 6.86. The Bertz CT molecular complexity index is 787. The number of hydrogen-bond donors (Lipinski definition) is 2. The van der Waals surface area contributed by atoms with Crippen LogP contribution in [-0.4, -0.2) is 34.8 Å². The second-order valence-electron chi connectivity index (χ2n) is 7.71. The molecular weight excluding hydrogens is 356 g/mol. The van der Waals surface area contributed by atoms with Crippen molar-refractivity contribution in [1.82, 2.24) is 15.5 Å². The molecule has 0 aromatic heterocycles. The van der Waals surface area contributed by atoms with Crippen LogP contribution < -0.4 is 10.6 Å². The van der Waals surface area contributed by atoms with Crippen LogP contribution in [0, 0.1) is 17.2 Å². The van der Waals surface area contributed by atoms with Crippen molar-refractivity contribution in [2.45, 2.75) is 58.0 Å². The Morgan fingerprint density at radius 3 is 2.50 bits per heavy atom. The van der Waals surface area contributed by atoms with Crippen molar-refractivity contribution in [3.05, 3.63) is 35.9 Å². The Kier molecular flexibility index (Phi) is 6.45. The van der Waals surface area contributed by atoms with Crippen molar-refractivity contribution in [2.24, 2.45) is 5.92 Å². The van der Waals surface area contributed by atoms with Crippen molar-refractivity contribution in [1.29, 1.82) is 5.26 Å². The van der Waals surface area contributed by atoms with Crippen LogP contribution in [-0.2, 0) is 15.1 Å². The molecule has 1 heterocycles. The second kappa shape index (κ2) is 8.42. The first-order chi connectivity index (χ1) is 13.2. The fourth-order valence-corrected chi connectivity index (χ4v) is 3.22. The number of benzene rings is 1. The van der Waals surface area contributed by atoms with Gasteiger partial charge in [0, 0.05) is 0 Å². The molecule has 150 valence electrons. The van der Waals surface area contributed by atoms with Crippen LogP contribution in [0.4, 0.5) is 4.79 Å². The SMILES string of the molecule is CCCCC1(c2ccccc2)NC(=O)N(CC(=O)NC(C)(C#N)C(C)C)C1=O. The molecule has 2 unspecified atom stereocenters. The molecule has 4 amide bonds. The first kappa shape index (κ1) is 21.4. The van der Waals surface area contributed by atoms with Crippen LogP contribution in [0.2, 0.25) is 0 Å². The lowest BCUT2D eigenvalue weighted by atomic mass is 9.85. The van der Waals surface area contributed by atoms with E-state index >= 15 is 0 Å². The molecule has 7 heteroatoms. The average molecular weight is 384 g/mol. The number of nitriles is 1. The third kappa shape index (κ3) is 4.01. The van der Waals surface area contributed by atoms with E-state index in [0.717, 1.165) is 17.7 Å². The maximum absolute atomic E-state index is 13.2. The molecule has 1 saturated heterocycles. The van der Waals surface area contributed by atoms with Crippen molar-refractivity contribution in [2.75, 3.05) is 6.54 Å². The largest absolute Gasteiger partial charge is 0.336 e. The van der Waals surface area contributed by atoms with E-state index in [1.807, 2.05) is 51.1 Å². The van der Waals surface area contributed by atoms with Crippen molar-refractivity contribution >= 4 is 17.8 Å². The zero-order chi connectivity index (χ0) is 20.9. The number of imide groups is 1. The normalized spacial score (nSPS) is 21.2. The smallest absolute Gasteiger partial charge is 0.325 e. The number of carbonyl (C=O) groups is 3. The maximum Gasteiger partial charge on any atom is 0.325 e. The number of amides is 4. The quantitative estimate of drug-likeness (QED) is 0.673. The van der Waals surface area contributed by atoms with Crippen LogP contribution >= 0.6 is 0 Å². The minimum Gasteiger partial charge on any atom is -0.336 e. The van der Waals surface area contributed by atoms with Gasteiger partial charge in [-0.2, -0.15) is 5.26 Å². The third-order valence-electron chi connectivity index (χ3n) is 5.44. The van der Waals surface area contributed by atoms with Gasteiger partial charge in [-0.25, -0.2) is 4.79 Å². The van der Waals surface area contributed by atoms with Gasteiger partial charge in [-0.15, -0.1) is 0 Å². The van der Waals surface area contributed by atoms with Gasteiger partial charge in [0.05, 0.1) is 6.07 Å². The van der Waals surface area contributed by atoms with Crippen molar-refractivity contribution in [3.63, 3.8) is 0 Å². The monoisotopic (exact) mass is 384 g/mol. The molecule has 1 aliphatic rings. The molecule has 7 nitrogen and oxygen atoms in total. The zero-order valence-corrected chi connectivity index (χ0v) is 16.9. The number of urea groups is 1. The first-order valence-electron chi connectivity index (χ1n) is 9.62. The van der Waals surface area contributed by atoms with Gasteiger partial charge in [-0.05, 0) is 24.8 Å². The summed E-state index contributed by atoms with van der Waals surface area (Å²) in [5, 5.41) is 14.8. The summed E-state index contributed by atoms with van der Waals surface area (Å²) in [7, 11) is 0. The lowest BCUT2D eigenvalue weighted by Crippen LogP contribution is -2.52. The second-order valence-corrected chi connectivity index (χ2v) is 7.71. The Labute approximate surface area is 166 Å². The first-order valence-corrected chi connectivity index (χ1v) is 9.62. The summed E-state index contributed by atoms with van der Waals surface area (Å²) in [5.74, 6) is -1.10. The van der Waals surface area contributed by atoms with Crippen LogP contribution in [0.3, 0.4) is 0 Å². The topological polar surface area (TPSA) is 102 Å². The van der Waals surface area contributed by atoms with Gasteiger partial charge in [0.25, 0.3) is 5.91 Å². The van der Waals surface area contributed by atoms with Gasteiger partial charge >= 0.3 is 6.03 Å². The van der Waals surface area contributed by atoms with E-state index in [1.165, 1.54) is 0 Å². The van der Waals surface area contributed by atoms with Gasteiger partial charge in [0.1, 0.15) is 17.6 Å². The highest BCUT2D eigenvalue weighted by atomic mass is 16.2. The summed E-state index contributed by atoms with van der Waals surface area (Å²) in [5.41, 5.74) is -1.53. The predicted molar refractivity (Wildman–Crippen MR) is 105 cm³/mol. The van der Waals surface area contributed by atoms with Gasteiger partial charge in [0.15, 0.2) is 0 Å². The van der Waals surface area contributed by atoms with E-state index in [2.05, 4.69) is 16.7 Å². The van der Waals surface area contributed by atoms with E-state index in [-0.39, 0.29) is 5.92 Å². The number of nitrogens with zero attached hydrogens (tertiary/aromatic N) is 2. The summed E-state index contributed by atoms with van der Waals surface area (Å²) in [6.07, 6.45) is 2.08. The highest BCUT2D eigenvalue weighted by Gasteiger charge is 2.52. The molecule has 2 rings (SSSR count). The van der Waals surface area contributed by atoms with Gasteiger partial charge in [-0.3, -0.25) is 14.5 Å². The minimum atomic E-state index is -1.16. The molecule has 2 N–H and O–H groups in total. The van der Waals surface area contributed by atoms with Gasteiger partial charge in [0.2, 0.25) is 5.91 Å². The van der Waals surface area contributed by atoms with E-state index in [0.29, 0.717) is 12.0 Å². The number of nitrogens with one attached hydrogen (secondary N) is 2. The number of unbranched alkanes of at least 4 members (excludes halogenated alkanes) is 1. The number of hydrogen-bond acceptors (Lipinski definition) is 4. The molecule has 0 bridgehead atoms. The predicted octanol–water partition coefficient (Wildman–Crippen LogP) is 2.68. The molecule has 1 aliphatic heterocycles. The van der Waals surface area contributed by atoms with Crippen LogP contribution in [0.5, 0.6) is 0 Å². The summed E-state index contributed by atoms with van der Waals surface area (Å²) < 4.78 is 0. The highest BCUT2D eigenvalue weighted by Crippen LogP contribution is 2.34. The maximum atomic E-state index is 13.2. The van der Waals surface area contributed by atoms with Crippen LogP contribution in [0.15, 0.2) is 30.3 Å². The van der Waals surface area contributed by atoms with Crippen molar-refractivity contribution < 1.29 is 14.4 Å². The minimum absolute atomic E-state index is 0.127. The molecule has 2 atom stereocenters. The van der Waals surface area contributed by atoms with Crippen molar-refractivity contribution in [3.8, 4) is 6.07 Å². The van der Waals surface area contributed by atoms with Crippen LogP contribution in [0.1, 0.15) is 52.5 Å². The van der Waals surface area contributed by atoms with E-state index < -0.39 is 35.5 Å². The lowest BCUT2D eigenvalue weighted by molar-refractivity contribution is -0.136. The Morgan fingerprint density at radius 1 is 1.32 bits per heavy atom. The molecule has 0 spiro atoms. The molecule has 1 aromatic carbocycles. The fourth-order valence-electron chi connectivity index (χ4n) is 3.22. The molecule has 28 heavy (non-hydrogen) atoms. The molecule has 0 aliphatic carbocycles. The molecule has 1 fully saturated rings. The van der Waals surface area contributed by atoms with Crippen LogP contribution in [0.25, 0.3) is 0 Å². The Hall–Kier alpha value is -2.88. The van der Waals surface area contributed by atoms with E-state index in [1.54, 1.807) is 6.92 Å². The average Bonchev–Trinajstić information content (AvgIpc) is 2.91. The Balaban J connectivity index is 2.26. The highest BCUT2D eigenvalue weighted by molar-refractivity contribution is 6.09. The molecule has 1 aromatic rings. The standard InChI is InChI=1S/C21H28N4O3/c1-5-6-12-21(16-10-8-7-9-11-16)18(27)25(19(28)24-21)13-17(26)23-20(4,14-22)15(2)3/h7-11,15H,5-6,12-13H2,1-4H3,(H,23,26)(H,24,28). The van der Waals surface area contributed by atoms with Gasteiger partial charge < -0.3 is 10.6 Å². The lowest BCUT2D eigenvalue weighted by Gasteiger charge is -2.29. The fraction of sp³-hybridized carbons (Fsp3) is 0.524. The summed E-state index contributed by atoms with van der Waals surface area (Å²) in [4.78, 5) is 39.3. The molecule has 0 radical (unpaired) electrons. The zero-order valence-electron chi connectivity index (χ0n) is 16.9. The number of rotatable bonds is 8. The molecule has 0 saturated carbocycles. The summed E-state index contributed by atoms with van der Waals surface area (Å²) in [6, 6.07) is 10.6. The van der Waals surface area contributed by atoms with Gasteiger partial charge in [-0.1, -0.05) is 63.9 Å².